The Kier molecular flexibility index (Phi) is 1.48. The lowest BCUT2D eigenvalue weighted by atomic mass is 10.1. The largest absolute Gasteiger partial charge is 0.462 e. The first-order chi connectivity index (χ1) is 4.77. The number of hydrogen-bond acceptors (Lipinski definition) is 2. The fourth-order valence-electron chi connectivity index (χ4n) is 1.80. The van der Waals surface area contributed by atoms with Crippen molar-refractivity contribution >= 4 is 21.9 Å². The highest BCUT2D eigenvalue weighted by atomic mass is 79.9. The molecule has 2 nitrogen and oxygen atoms in total. The molecule has 2 fully saturated rings. The van der Waals surface area contributed by atoms with Crippen LogP contribution in [0.2, 0.25) is 0 Å². The van der Waals surface area contributed by atoms with E-state index < -0.39 is 0 Å². The summed E-state index contributed by atoms with van der Waals surface area (Å²) >= 11 is 3.54. The van der Waals surface area contributed by atoms with Crippen LogP contribution in [0.4, 0.5) is 0 Å². The van der Waals surface area contributed by atoms with Gasteiger partial charge in [-0.1, -0.05) is 15.9 Å². The molecule has 0 aromatic heterocycles. The number of rotatable bonds is 0. The van der Waals surface area contributed by atoms with Crippen LogP contribution in [-0.2, 0) is 9.53 Å². The maximum Gasteiger partial charge on any atom is 0.306 e. The lowest BCUT2D eigenvalue weighted by Crippen LogP contribution is -2.12. The van der Waals surface area contributed by atoms with Crippen molar-refractivity contribution in [3.8, 4) is 0 Å². The van der Waals surface area contributed by atoms with Gasteiger partial charge >= 0.3 is 5.97 Å². The molecule has 0 aromatic carbocycles. The van der Waals surface area contributed by atoms with Crippen molar-refractivity contribution in [1.82, 2.24) is 0 Å². The minimum Gasteiger partial charge on any atom is -0.462 e. The Morgan fingerprint density at radius 2 is 2.30 bits per heavy atom. The van der Waals surface area contributed by atoms with E-state index in [-0.39, 0.29) is 12.1 Å². The molecule has 0 N–H and O–H groups in total. The zero-order valence-corrected chi connectivity index (χ0v) is 7.13. The molecular weight excluding hydrogens is 196 g/mol. The molecule has 1 saturated carbocycles. The summed E-state index contributed by atoms with van der Waals surface area (Å²) in [6.07, 6.45) is 3.06. The second kappa shape index (κ2) is 2.22. The molecular formula is C7H9BrO2. The average molecular weight is 205 g/mol. The standard InChI is InChI=1S/C7H9BrO2/c8-5-1-2-6-4(5)3-7(9)10-6/h4-6H,1-3H2/t4-,5+,6?/m0/s1. The van der Waals surface area contributed by atoms with Crippen LogP contribution in [0.1, 0.15) is 19.3 Å². The minimum atomic E-state index is -0.0147. The first-order valence-electron chi connectivity index (χ1n) is 3.61. The first-order valence-corrected chi connectivity index (χ1v) is 4.52. The van der Waals surface area contributed by atoms with E-state index in [1.165, 1.54) is 0 Å². The zero-order chi connectivity index (χ0) is 7.14. The lowest BCUT2D eigenvalue weighted by molar-refractivity contribution is -0.141. The Morgan fingerprint density at radius 1 is 1.50 bits per heavy atom. The molecule has 0 bridgehead atoms. The number of ether oxygens (including phenoxy) is 1. The monoisotopic (exact) mass is 204 g/mol. The number of carbonyl (C=O) groups excluding carboxylic acids is 1. The van der Waals surface area contributed by atoms with E-state index in [0.29, 0.717) is 17.2 Å². The van der Waals surface area contributed by atoms with Crippen LogP contribution >= 0.6 is 15.9 Å². The molecule has 1 aliphatic heterocycles. The van der Waals surface area contributed by atoms with Crippen LogP contribution in [0.15, 0.2) is 0 Å². The molecule has 10 heavy (non-hydrogen) atoms. The number of halogens is 1. The van der Waals surface area contributed by atoms with Crippen molar-refractivity contribution in [1.29, 1.82) is 0 Å². The van der Waals surface area contributed by atoms with E-state index in [0.717, 1.165) is 12.8 Å². The van der Waals surface area contributed by atoms with Gasteiger partial charge in [0.1, 0.15) is 6.10 Å². The second-order valence-electron chi connectivity index (χ2n) is 2.99. The highest BCUT2D eigenvalue weighted by Gasteiger charge is 2.43. The second-order valence-corrected chi connectivity index (χ2v) is 4.17. The van der Waals surface area contributed by atoms with Crippen molar-refractivity contribution in [3.63, 3.8) is 0 Å². The molecule has 1 heterocycles. The summed E-state index contributed by atoms with van der Waals surface area (Å²) in [5.74, 6) is 0.451. The maximum atomic E-state index is 10.8. The Morgan fingerprint density at radius 3 is 3.00 bits per heavy atom. The van der Waals surface area contributed by atoms with Gasteiger partial charge in [-0.05, 0) is 12.8 Å². The quantitative estimate of drug-likeness (QED) is 0.442. The van der Waals surface area contributed by atoms with Crippen molar-refractivity contribution in [2.24, 2.45) is 5.92 Å². The average Bonchev–Trinajstić information content (AvgIpc) is 2.35. The van der Waals surface area contributed by atoms with E-state index >= 15 is 0 Å². The van der Waals surface area contributed by atoms with Crippen molar-refractivity contribution in [3.05, 3.63) is 0 Å². The zero-order valence-electron chi connectivity index (χ0n) is 5.55. The Bertz CT molecular complexity index is 169. The molecule has 3 atom stereocenters. The normalized spacial score (nSPS) is 45.3. The van der Waals surface area contributed by atoms with Gasteiger partial charge in [0.2, 0.25) is 0 Å². The number of fused-ring (bicyclic) bond motifs is 1. The van der Waals surface area contributed by atoms with Gasteiger partial charge in [0, 0.05) is 10.7 Å². The fraction of sp³-hybridized carbons (Fsp3) is 0.857. The van der Waals surface area contributed by atoms with Gasteiger partial charge < -0.3 is 4.74 Å². The summed E-state index contributed by atoms with van der Waals surface area (Å²) < 4.78 is 5.09. The van der Waals surface area contributed by atoms with Crippen molar-refractivity contribution < 1.29 is 9.53 Å². The third-order valence-electron chi connectivity index (χ3n) is 2.35. The van der Waals surface area contributed by atoms with Crippen LogP contribution in [0.3, 0.4) is 0 Å². The van der Waals surface area contributed by atoms with E-state index in [4.69, 9.17) is 4.74 Å². The molecule has 2 aliphatic rings. The van der Waals surface area contributed by atoms with Crippen LogP contribution in [0.5, 0.6) is 0 Å². The van der Waals surface area contributed by atoms with Crippen molar-refractivity contribution in [2.45, 2.75) is 30.2 Å². The number of carbonyl (C=O) groups is 1. The number of esters is 1. The van der Waals surface area contributed by atoms with Gasteiger partial charge in [0.25, 0.3) is 0 Å². The molecule has 2 rings (SSSR count). The summed E-state index contributed by atoms with van der Waals surface area (Å²) in [5, 5.41) is 0. The number of hydrogen-bond donors (Lipinski definition) is 0. The van der Waals surface area contributed by atoms with Gasteiger partial charge in [-0.2, -0.15) is 0 Å². The molecule has 1 aliphatic carbocycles. The first kappa shape index (κ1) is 6.65. The smallest absolute Gasteiger partial charge is 0.306 e. The van der Waals surface area contributed by atoms with Gasteiger partial charge in [-0.25, -0.2) is 0 Å². The molecule has 3 heteroatoms. The maximum absolute atomic E-state index is 10.8. The predicted molar refractivity (Wildman–Crippen MR) is 39.9 cm³/mol. The molecule has 0 aromatic rings. The van der Waals surface area contributed by atoms with Crippen LogP contribution in [0, 0.1) is 5.92 Å². The van der Waals surface area contributed by atoms with Gasteiger partial charge in [-0.15, -0.1) is 0 Å². The van der Waals surface area contributed by atoms with Gasteiger partial charge in [0.15, 0.2) is 0 Å². The van der Waals surface area contributed by atoms with E-state index in [9.17, 15) is 4.79 Å². The molecule has 0 radical (unpaired) electrons. The lowest BCUT2D eigenvalue weighted by Gasteiger charge is -2.07. The molecule has 0 amide bonds. The summed E-state index contributed by atoms with van der Waals surface area (Å²) in [6, 6.07) is 0. The fourth-order valence-corrected chi connectivity index (χ4v) is 2.59. The van der Waals surface area contributed by atoms with Crippen LogP contribution in [0.25, 0.3) is 0 Å². The highest BCUT2D eigenvalue weighted by molar-refractivity contribution is 9.09. The van der Waals surface area contributed by atoms with E-state index in [2.05, 4.69) is 15.9 Å². The number of alkyl halides is 1. The molecule has 0 spiro atoms. The van der Waals surface area contributed by atoms with Gasteiger partial charge in [0.05, 0.1) is 6.42 Å². The van der Waals surface area contributed by atoms with Crippen LogP contribution < -0.4 is 0 Å². The topological polar surface area (TPSA) is 26.3 Å². The van der Waals surface area contributed by atoms with E-state index in [1.807, 2.05) is 0 Å². The Hall–Kier alpha value is -0.0500. The molecule has 1 unspecified atom stereocenters. The third kappa shape index (κ3) is 0.875. The Labute approximate surface area is 68.1 Å². The van der Waals surface area contributed by atoms with Crippen LogP contribution in [-0.4, -0.2) is 16.9 Å². The summed E-state index contributed by atoms with van der Waals surface area (Å²) in [7, 11) is 0. The summed E-state index contributed by atoms with van der Waals surface area (Å²) in [6.45, 7) is 0. The highest BCUT2D eigenvalue weighted by Crippen LogP contribution is 2.40. The van der Waals surface area contributed by atoms with Crippen molar-refractivity contribution in [2.75, 3.05) is 0 Å². The van der Waals surface area contributed by atoms with Gasteiger partial charge in [-0.3, -0.25) is 4.79 Å². The van der Waals surface area contributed by atoms with E-state index in [1.54, 1.807) is 0 Å². The SMILES string of the molecule is O=C1C[C@@H]2C(CC[C@H]2Br)O1. The predicted octanol–water partition coefficient (Wildman–Crippen LogP) is 1.48. The summed E-state index contributed by atoms with van der Waals surface area (Å²) in [4.78, 5) is 11.3. The Balaban J connectivity index is 2.12. The minimum absolute atomic E-state index is 0.0147. The molecule has 56 valence electrons. The molecule has 1 saturated heterocycles. The summed E-state index contributed by atoms with van der Waals surface area (Å²) in [5.41, 5.74) is 0. The third-order valence-corrected chi connectivity index (χ3v) is 3.49.